The van der Waals surface area contributed by atoms with Crippen LogP contribution in [0, 0.1) is 11.8 Å². The molecule has 0 aromatic heterocycles. The van der Waals surface area contributed by atoms with Gasteiger partial charge < -0.3 is 19.9 Å². The molecule has 6 heteroatoms. The summed E-state index contributed by atoms with van der Waals surface area (Å²) in [6.07, 6.45) is 6.82. The maximum absolute atomic E-state index is 5.86. The fraction of sp³-hybridized carbons (Fsp3) is 0.952. The van der Waals surface area contributed by atoms with Crippen LogP contribution in [0.3, 0.4) is 0 Å². The van der Waals surface area contributed by atoms with Gasteiger partial charge in [0.2, 0.25) is 0 Å². The Morgan fingerprint density at radius 3 is 2.52 bits per heavy atom. The van der Waals surface area contributed by atoms with Crippen LogP contribution >= 0.6 is 24.0 Å². The van der Waals surface area contributed by atoms with Crippen LogP contribution in [0.4, 0.5) is 0 Å². The summed E-state index contributed by atoms with van der Waals surface area (Å²) in [6.45, 7) is 17.5. The smallest absolute Gasteiger partial charge is 0.193 e. The van der Waals surface area contributed by atoms with Gasteiger partial charge in [0.05, 0.1) is 6.10 Å². The van der Waals surface area contributed by atoms with Gasteiger partial charge in [-0.25, -0.2) is 0 Å². The topological polar surface area (TPSA) is 40.1 Å². The number of ether oxygens (including phenoxy) is 1. The summed E-state index contributed by atoms with van der Waals surface area (Å²) in [6, 6.07) is 0. The van der Waals surface area contributed by atoms with Gasteiger partial charge in [0.1, 0.15) is 0 Å². The summed E-state index contributed by atoms with van der Waals surface area (Å²) in [5.41, 5.74) is 0. The lowest BCUT2D eigenvalue weighted by atomic mass is 10.0. The highest BCUT2D eigenvalue weighted by Gasteiger charge is 2.27. The number of hydrogen-bond acceptors (Lipinski definition) is 3. The number of halogens is 1. The average molecular weight is 495 g/mol. The van der Waals surface area contributed by atoms with Gasteiger partial charge in [0.25, 0.3) is 0 Å². The van der Waals surface area contributed by atoms with Crippen LogP contribution < -0.4 is 5.32 Å². The van der Waals surface area contributed by atoms with Crippen molar-refractivity contribution in [3.8, 4) is 0 Å². The molecule has 27 heavy (non-hydrogen) atoms. The van der Waals surface area contributed by atoms with Crippen molar-refractivity contribution < 1.29 is 4.74 Å². The minimum Gasteiger partial charge on any atom is -0.378 e. The third-order valence-corrected chi connectivity index (χ3v) is 5.68. The van der Waals surface area contributed by atoms with Crippen LogP contribution in [0.2, 0.25) is 0 Å². The number of hydrogen-bond donors (Lipinski definition) is 1. The van der Waals surface area contributed by atoms with E-state index in [0.717, 1.165) is 51.1 Å². The highest BCUT2D eigenvalue weighted by molar-refractivity contribution is 14.0. The zero-order chi connectivity index (χ0) is 18.8. The van der Waals surface area contributed by atoms with Crippen molar-refractivity contribution in [3.05, 3.63) is 0 Å². The molecule has 2 heterocycles. The lowest BCUT2D eigenvalue weighted by Gasteiger charge is -2.29. The van der Waals surface area contributed by atoms with Crippen molar-refractivity contribution in [1.29, 1.82) is 0 Å². The van der Waals surface area contributed by atoms with Crippen LogP contribution in [0.25, 0.3) is 0 Å². The van der Waals surface area contributed by atoms with Crippen molar-refractivity contribution in [2.45, 2.75) is 65.9 Å². The molecule has 0 aromatic rings. The molecule has 2 atom stereocenters. The Labute approximate surface area is 184 Å². The van der Waals surface area contributed by atoms with Gasteiger partial charge in [-0.2, -0.15) is 0 Å². The molecule has 0 amide bonds. The predicted octanol–water partition coefficient (Wildman–Crippen LogP) is 3.83. The van der Waals surface area contributed by atoms with Crippen molar-refractivity contribution in [3.63, 3.8) is 0 Å². The molecule has 160 valence electrons. The number of guanidine groups is 1. The van der Waals surface area contributed by atoms with E-state index < -0.39 is 0 Å². The molecule has 2 saturated heterocycles. The standard InChI is InChI=1S/C21H42N4O.HI/c1-5-22-21(23-12-10-20(18(3)4)26-6-2)25-15-11-19(17-25)16-24-13-8-7-9-14-24;/h18-20H,5-17H2,1-4H3,(H,22,23);1H. The quantitative estimate of drug-likeness (QED) is 0.301. The summed E-state index contributed by atoms with van der Waals surface area (Å²) in [5, 5.41) is 3.51. The van der Waals surface area contributed by atoms with E-state index >= 15 is 0 Å². The second-order valence-electron chi connectivity index (χ2n) is 8.22. The number of nitrogens with zero attached hydrogens (tertiary/aromatic N) is 3. The van der Waals surface area contributed by atoms with E-state index in [4.69, 9.17) is 9.73 Å². The lowest BCUT2D eigenvalue weighted by molar-refractivity contribution is 0.0266. The van der Waals surface area contributed by atoms with Gasteiger partial charge in [-0.3, -0.25) is 4.99 Å². The second kappa shape index (κ2) is 14.0. The van der Waals surface area contributed by atoms with Gasteiger partial charge in [0.15, 0.2) is 5.96 Å². The molecule has 5 nitrogen and oxygen atoms in total. The van der Waals surface area contributed by atoms with E-state index in [1.165, 1.54) is 45.3 Å². The van der Waals surface area contributed by atoms with Gasteiger partial charge in [-0.1, -0.05) is 20.3 Å². The first-order valence-electron chi connectivity index (χ1n) is 11.0. The summed E-state index contributed by atoms with van der Waals surface area (Å²) >= 11 is 0. The molecular formula is C21H43IN4O. The first-order chi connectivity index (χ1) is 12.6. The Morgan fingerprint density at radius 1 is 1.15 bits per heavy atom. The molecule has 0 bridgehead atoms. The van der Waals surface area contributed by atoms with Crippen molar-refractivity contribution in [2.24, 2.45) is 16.8 Å². The largest absolute Gasteiger partial charge is 0.378 e. The zero-order valence-corrected chi connectivity index (χ0v) is 20.4. The number of aliphatic imine (C=N–C) groups is 1. The van der Waals surface area contributed by atoms with Crippen molar-refractivity contribution in [1.82, 2.24) is 15.1 Å². The zero-order valence-electron chi connectivity index (χ0n) is 18.1. The molecule has 0 spiro atoms. The first-order valence-corrected chi connectivity index (χ1v) is 11.0. The van der Waals surface area contributed by atoms with E-state index in [1.807, 2.05) is 0 Å². The molecule has 0 radical (unpaired) electrons. The second-order valence-corrected chi connectivity index (χ2v) is 8.22. The molecule has 2 unspecified atom stereocenters. The minimum absolute atomic E-state index is 0. The average Bonchev–Trinajstić information content (AvgIpc) is 3.09. The molecule has 2 rings (SSSR count). The SMILES string of the molecule is CCNC(=NCCC(OCC)C(C)C)N1CCC(CN2CCCCC2)C1.I. The maximum Gasteiger partial charge on any atom is 0.193 e. The Kier molecular flexibility index (Phi) is 12.9. The van der Waals surface area contributed by atoms with Gasteiger partial charge >= 0.3 is 0 Å². The third kappa shape index (κ3) is 8.86. The van der Waals surface area contributed by atoms with Crippen molar-refractivity contribution >= 4 is 29.9 Å². The van der Waals surface area contributed by atoms with Crippen LogP contribution in [-0.2, 0) is 4.74 Å². The van der Waals surface area contributed by atoms with Crippen LogP contribution in [0.1, 0.15) is 59.8 Å². The molecule has 2 fully saturated rings. The van der Waals surface area contributed by atoms with E-state index in [0.29, 0.717) is 12.0 Å². The van der Waals surface area contributed by atoms with Gasteiger partial charge in [0, 0.05) is 39.3 Å². The molecule has 2 aliphatic heterocycles. The molecule has 0 aliphatic carbocycles. The van der Waals surface area contributed by atoms with E-state index in [9.17, 15) is 0 Å². The summed E-state index contributed by atoms with van der Waals surface area (Å²) in [5.74, 6) is 2.45. The summed E-state index contributed by atoms with van der Waals surface area (Å²) in [4.78, 5) is 10.1. The minimum atomic E-state index is 0. The molecule has 0 aromatic carbocycles. The molecule has 0 saturated carbocycles. The highest BCUT2D eigenvalue weighted by Crippen LogP contribution is 2.20. The highest BCUT2D eigenvalue weighted by atomic mass is 127. The fourth-order valence-corrected chi connectivity index (χ4v) is 4.23. The van der Waals surface area contributed by atoms with Crippen LogP contribution in [0.5, 0.6) is 0 Å². The predicted molar refractivity (Wildman–Crippen MR) is 126 cm³/mol. The van der Waals surface area contributed by atoms with E-state index in [-0.39, 0.29) is 24.0 Å². The Hall–Kier alpha value is -0.0800. The molecule has 1 N–H and O–H groups in total. The Morgan fingerprint density at radius 2 is 1.89 bits per heavy atom. The number of rotatable bonds is 9. The number of nitrogens with one attached hydrogen (secondary N) is 1. The maximum atomic E-state index is 5.86. The lowest BCUT2D eigenvalue weighted by Crippen LogP contribution is -2.41. The monoisotopic (exact) mass is 494 g/mol. The normalized spacial score (nSPS) is 22.8. The van der Waals surface area contributed by atoms with Crippen molar-refractivity contribution in [2.75, 3.05) is 52.4 Å². The van der Waals surface area contributed by atoms with Crippen LogP contribution in [0.15, 0.2) is 4.99 Å². The third-order valence-electron chi connectivity index (χ3n) is 5.68. The number of likely N-dealkylation sites (tertiary alicyclic amines) is 2. The molecule has 2 aliphatic rings. The van der Waals surface area contributed by atoms with E-state index in [2.05, 4.69) is 42.8 Å². The Balaban J connectivity index is 0.00000364. The van der Waals surface area contributed by atoms with Gasteiger partial charge in [-0.05, 0) is 64.5 Å². The molecular weight excluding hydrogens is 451 g/mol. The number of piperidine rings is 1. The fourth-order valence-electron chi connectivity index (χ4n) is 4.23. The Bertz CT molecular complexity index is 413. The summed E-state index contributed by atoms with van der Waals surface area (Å²) in [7, 11) is 0. The van der Waals surface area contributed by atoms with Crippen LogP contribution in [-0.4, -0.2) is 74.3 Å². The first kappa shape index (κ1) is 25.0. The van der Waals surface area contributed by atoms with Gasteiger partial charge in [-0.15, -0.1) is 24.0 Å². The van der Waals surface area contributed by atoms with E-state index in [1.54, 1.807) is 0 Å². The summed E-state index contributed by atoms with van der Waals surface area (Å²) < 4.78 is 5.86.